The van der Waals surface area contributed by atoms with Gasteiger partial charge in [0.2, 0.25) is 0 Å². The minimum absolute atomic E-state index is 0.349. The lowest BCUT2D eigenvalue weighted by Gasteiger charge is -2.20. The van der Waals surface area contributed by atoms with Gasteiger partial charge in [0.15, 0.2) is 0 Å². The van der Waals surface area contributed by atoms with E-state index >= 15 is 0 Å². The molecule has 1 N–H and O–H groups in total. The molecule has 100 valence electrons. The van der Waals surface area contributed by atoms with Gasteiger partial charge < -0.3 is 5.32 Å². The van der Waals surface area contributed by atoms with E-state index in [1.54, 1.807) is 0 Å². The molecule has 1 aliphatic carbocycles. The number of hydrogen-bond donors (Lipinski definition) is 1. The molecular formula is C15H23NOS. The third-order valence-corrected chi connectivity index (χ3v) is 6.19. The largest absolute Gasteiger partial charge is 0.317 e. The van der Waals surface area contributed by atoms with Crippen LogP contribution in [0.4, 0.5) is 0 Å². The van der Waals surface area contributed by atoms with Crippen molar-refractivity contribution in [3.63, 3.8) is 0 Å². The summed E-state index contributed by atoms with van der Waals surface area (Å²) < 4.78 is 12.5. The highest BCUT2D eigenvalue weighted by atomic mass is 32.2. The van der Waals surface area contributed by atoms with Crippen molar-refractivity contribution in [2.75, 3.05) is 7.05 Å². The first kappa shape index (κ1) is 13.8. The second kappa shape index (κ2) is 5.98. The standard InChI is InChI=1S/C15H23NOS/c1-11-6-4-5-7-13(11)10-18(17)15-9-8-14(16-3)12(15)2/h4-7,12,14-16H,8-10H2,1-3H3. The molecule has 4 unspecified atom stereocenters. The molecule has 0 aromatic heterocycles. The average molecular weight is 265 g/mol. The van der Waals surface area contributed by atoms with Crippen LogP contribution in [0, 0.1) is 12.8 Å². The normalized spacial score (nSPS) is 29.4. The third-order valence-electron chi connectivity index (χ3n) is 4.25. The molecule has 18 heavy (non-hydrogen) atoms. The lowest BCUT2D eigenvalue weighted by Crippen LogP contribution is -2.32. The van der Waals surface area contributed by atoms with Gasteiger partial charge >= 0.3 is 0 Å². The Bertz CT molecular complexity index is 432. The second-order valence-corrected chi connectivity index (χ2v) is 6.98. The molecule has 3 heteroatoms. The quantitative estimate of drug-likeness (QED) is 0.907. The Morgan fingerprint density at radius 1 is 1.33 bits per heavy atom. The van der Waals surface area contributed by atoms with Crippen LogP contribution in [0.5, 0.6) is 0 Å². The minimum atomic E-state index is -0.749. The molecule has 0 saturated heterocycles. The van der Waals surface area contributed by atoms with Gasteiger partial charge in [0.1, 0.15) is 0 Å². The van der Waals surface area contributed by atoms with Crippen LogP contribution < -0.4 is 5.32 Å². The molecule has 2 rings (SSSR count). The van der Waals surface area contributed by atoms with Gasteiger partial charge in [-0.25, -0.2) is 0 Å². The fourth-order valence-electron chi connectivity index (χ4n) is 2.94. The van der Waals surface area contributed by atoms with Crippen LogP contribution in [0.3, 0.4) is 0 Å². The van der Waals surface area contributed by atoms with Crippen molar-refractivity contribution < 1.29 is 4.21 Å². The molecule has 2 nitrogen and oxygen atoms in total. The minimum Gasteiger partial charge on any atom is -0.317 e. The Labute approximate surface area is 113 Å². The maximum absolute atomic E-state index is 12.5. The lowest BCUT2D eigenvalue weighted by atomic mass is 10.1. The first-order valence-electron chi connectivity index (χ1n) is 6.72. The van der Waals surface area contributed by atoms with E-state index in [1.165, 1.54) is 11.1 Å². The van der Waals surface area contributed by atoms with Crippen LogP contribution in [-0.2, 0) is 16.6 Å². The van der Waals surface area contributed by atoms with E-state index < -0.39 is 10.8 Å². The first-order chi connectivity index (χ1) is 8.63. The predicted molar refractivity (Wildman–Crippen MR) is 78.1 cm³/mol. The summed E-state index contributed by atoms with van der Waals surface area (Å²) in [4.78, 5) is 0. The number of hydrogen-bond acceptors (Lipinski definition) is 2. The van der Waals surface area contributed by atoms with E-state index in [-0.39, 0.29) is 0 Å². The Morgan fingerprint density at radius 2 is 2.06 bits per heavy atom. The van der Waals surface area contributed by atoms with Gasteiger partial charge in [-0.1, -0.05) is 31.2 Å². The van der Waals surface area contributed by atoms with Crippen LogP contribution >= 0.6 is 0 Å². The average Bonchev–Trinajstić information content (AvgIpc) is 2.73. The van der Waals surface area contributed by atoms with E-state index in [9.17, 15) is 4.21 Å². The van der Waals surface area contributed by atoms with Gasteiger partial charge in [-0.2, -0.15) is 0 Å². The fraction of sp³-hybridized carbons (Fsp3) is 0.600. The topological polar surface area (TPSA) is 29.1 Å². The Kier molecular flexibility index (Phi) is 4.57. The van der Waals surface area contributed by atoms with E-state index in [4.69, 9.17) is 0 Å². The molecule has 4 atom stereocenters. The highest BCUT2D eigenvalue weighted by Gasteiger charge is 2.35. The molecule has 0 radical (unpaired) electrons. The monoisotopic (exact) mass is 265 g/mol. The van der Waals surface area contributed by atoms with E-state index in [0.717, 1.165) is 12.8 Å². The molecule has 1 aromatic rings. The summed E-state index contributed by atoms with van der Waals surface area (Å²) in [7, 11) is 1.26. The molecule has 1 aromatic carbocycles. The molecular weight excluding hydrogens is 242 g/mol. The summed E-state index contributed by atoms with van der Waals surface area (Å²) in [6.07, 6.45) is 2.24. The molecule has 1 aliphatic rings. The van der Waals surface area contributed by atoms with Crippen LogP contribution in [0.1, 0.15) is 30.9 Å². The smallest absolute Gasteiger partial charge is 0.0491 e. The number of nitrogens with one attached hydrogen (secondary N) is 1. The maximum Gasteiger partial charge on any atom is 0.0491 e. The van der Waals surface area contributed by atoms with Crippen molar-refractivity contribution in [1.82, 2.24) is 5.32 Å². The Morgan fingerprint density at radius 3 is 2.67 bits per heavy atom. The Balaban J connectivity index is 2.03. The van der Waals surface area contributed by atoms with Gasteiger partial charge in [0, 0.05) is 27.8 Å². The van der Waals surface area contributed by atoms with Crippen LogP contribution in [0.15, 0.2) is 24.3 Å². The summed E-state index contributed by atoms with van der Waals surface area (Å²) in [5.74, 6) is 1.22. The summed E-state index contributed by atoms with van der Waals surface area (Å²) >= 11 is 0. The van der Waals surface area contributed by atoms with Crippen molar-refractivity contribution in [3.8, 4) is 0 Å². The number of rotatable bonds is 4. The van der Waals surface area contributed by atoms with Gasteiger partial charge in [-0.05, 0) is 43.9 Å². The van der Waals surface area contributed by atoms with E-state index in [0.29, 0.717) is 23.0 Å². The summed E-state index contributed by atoms with van der Waals surface area (Å²) in [5, 5.41) is 3.69. The van der Waals surface area contributed by atoms with Crippen LogP contribution in [0.2, 0.25) is 0 Å². The van der Waals surface area contributed by atoms with Crippen molar-refractivity contribution in [1.29, 1.82) is 0 Å². The van der Waals surface area contributed by atoms with Crippen molar-refractivity contribution in [2.24, 2.45) is 5.92 Å². The molecule has 1 saturated carbocycles. The zero-order chi connectivity index (χ0) is 13.1. The van der Waals surface area contributed by atoms with Crippen molar-refractivity contribution in [2.45, 2.75) is 43.7 Å². The highest BCUT2D eigenvalue weighted by molar-refractivity contribution is 7.84. The Hall–Kier alpha value is -0.670. The zero-order valence-electron chi connectivity index (χ0n) is 11.5. The lowest BCUT2D eigenvalue weighted by molar-refractivity contribution is 0.460. The SMILES string of the molecule is CNC1CCC(S(=O)Cc2ccccc2C)C1C. The number of benzene rings is 1. The second-order valence-electron chi connectivity index (χ2n) is 5.32. The fourth-order valence-corrected chi connectivity index (χ4v) is 4.85. The van der Waals surface area contributed by atoms with E-state index in [2.05, 4.69) is 31.3 Å². The van der Waals surface area contributed by atoms with Crippen LogP contribution in [-0.4, -0.2) is 22.5 Å². The molecule has 1 fully saturated rings. The van der Waals surface area contributed by atoms with Crippen LogP contribution in [0.25, 0.3) is 0 Å². The van der Waals surface area contributed by atoms with Gasteiger partial charge in [0.05, 0.1) is 0 Å². The van der Waals surface area contributed by atoms with Crippen molar-refractivity contribution in [3.05, 3.63) is 35.4 Å². The highest BCUT2D eigenvalue weighted by Crippen LogP contribution is 2.31. The van der Waals surface area contributed by atoms with E-state index in [1.807, 2.05) is 19.2 Å². The maximum atomic E-state index is 12.5. The first-order valence-corrected chi connectivity index (χ1v) is 8.10. The van der Waals surface area contributed by atoms with Gasteiger partial charge in [-0.3, -0.25) is 4.21 Å². The molecule has 0 amide bonds. The van der Waals surface area contributed by atoms with Crippen molar-refractivity contribution >= 4 is 10.8 Å². The number of aryl methyl sites for hydroxylation is 1. The zero-order valence-corrected chi connectivity index (χ0v) is 12.3. The third kappa shape index (κ3) is 2.83. The van der Waals surface area contributed by atoms with Gasteiger partial charge in [0.25, 0.3) is 0 Å². The summed E-state index contributed by atoms with van der Waals surface area (Å²) in [6.45, 7) is 4.33. The molecule has 0 spiro atoms. The summed E-state index contributed by atoms with van der Waals surface area (Å²) in [5.41, 5.74) is 2.48. The summed E-state index contributed by atoms with van der Waals surface area (Å²) in [6, 6.07) is 8.81. The molecule has 0 bridgehead atoms. The molecule has 0 aliphatic heterocycles. The predicted octanol–water partition coefficient (Wildman–Crippen LogP) is 2.63. The van der Waals surface area contributed by atoms with Gasteiger partial charge in [-0.15, -0.1) is 0 Å². The molecule has 0 heterocycles.